The molecule has 0 amide bonds. The van der Waals surface area contributed by atoms with Crippen molar-refractivity contribution in [3.8, 4) is 5.75 Å². The van der Waals surface area contributed by atoms with Crippen LogP contribution in [0.4, 0.5) is 20.2 Å². The van der Waals surface area contributed by atoms with E-state index in [9.17, 15) is 22.3 Å². The Morgan fingerprint density at radius 3 is 1.96 bits per heavy atom. The first kappa shape index (κ1) is 17.5. The second-order valence-electron chi connectivity index (χ2n) is 5.79. The zero-order valence-electron chi connectivity index (χ0n) is 13.3. The Balaban J connectivity index is 1.67. The van der Waals surface area contributed by atoms with Crippen LogP contribution >= 0.6 is 0 Å². The molecular formula is C17H18F2N2O3S. The monoisotopic (exact) mass is 368 g/mol. The summed E-state index contributed by atoms with van der Waals surface area (Å²) in [6.07, 6.45) is 0. The summed E-state index contributed by atoms with van der Waals surface area (Å²) < 4.78 is 48.0. The predicted octanol–water partition coefficient (Wildman–Crippen LogP) is 2.72. The van der Waals surface area contributed by atoms with Gasteiger partial charge in [0, 0.05) is 43.6 Å². The van der Waals surface area contributed by atoms with E-state index in [1.807, 2.05) is 6.07 Å². The van der Waals surface area contributed by atoms with Crippen LogP contribution in [0.5, 0.6) is 5.75 Å². The van der Waals surface area contributed by atoms with Gasteiger partial charge in [0.15, 0.2) is 0 Å². The summed E-state index contributed by atoms with van der Waals surface area (Å²) in [6, 6.07) is 12.6. The number of phenolic OH excluding ortho intramolecular Hbond substituents is 1. The van der Waals surface area contributed by atoms with Crippen molar-refractivity contribution in [1.29, 1.82) is 0 Å². The molecule has 0 saturated carbocycles. The van der Waals surface area contributed by atoms with E-state index in [0.717, 1.165) is 24.5 Å². The Bertz CT molecular complexity index is 833. The standard InChI is InChI=1S/C17H18F2N2O3S/c18-17(19)25(23,24)16-6-4-13(5-7-16)20-8-10-21(11-9-20)14-2-1-3-15(22)12-14/h1-7,12,17,22H,8-11H2. The van der Waals surface area contributed by atoms with E-state index >= 15 is 0 Å². The predicted molar refractivity (Wildman–Crippen MR) is 92.2 cm³/mol. The second kappa shape index (κ2) is 6.87. The molecule has 0 aliphatic carbocycles. The van der Waals surface area contributed by atoms with E-state index in [4.69, 9.17) is 0 Å². The number of aromatic hydroxyl groups is 1. The molecule has 8 heteroatoms. The highest BCUT2D eigenvalue weighted by Crippen LogP contribution is 2.25. The largest absolute Gasteiger partial charge is 0.508 e. The van der Waals surface area contributed by atoms with E-state index in [1.165, 1.54) is 12.1 Å². The van der Waals surface area contributed by atoms with Crippen LogP contribution in [0.1, 0.15) is 0 Å². The summed E-state index contributed by atoms with van der Waals surface area (Å²) in [5, 5.41) is 9.56. The molecule has 1 fully saturated rings. The van der Waals surface area contributed by atoms with Crippen LogP contribution in [-0.4, -0.2) is 45.5 Å². The lowest BCUT2D eigenvalue weighted by Crippen LogP contribution is -2.46. The van der Waals surface area contributed by atoms with Crippen molar-refractivity contribution in [2.45, 2.75) is 10.7 Å². The van der Waals surface area contributed by atoms with Crippen LogP contribution in [-0.2, 0) is 9.84 Å². The molecule has 0 atom stereocenters. The number of hydrogen-bond donors (Lipinski definition) is 1. The van der Waals surface area contributed by atoms with Gasteiger partial charge in [0.1, 0.15) is 5.75 Å². The van der Waals surface area contributed by atoms with Gasteiger partial charge in [-0.15, -0.1) is 0 Å². The first-order valence-corrected chi connectivity index (χ1v) is 9.33. The maximum Gasteiger partial charge on any atom is 0.341 e. The van der Waals surface area contributed by atoms with Gasteiger partial charge in [0.05, 0.1) is 4.90 Å². The van der Waals surface area contributed by atoms with Gasteiger partial charge in [-0.1, -0.05) is 6.07 Å². The van der Waals surface area contributed by atoms with Crippen molar-refractivity contribution in [1.82, 2.24) is 0 Å². The molecule has 1 heterocycles. The van der Waals surface area contributed by atoms with Crippen molar-refractivity contribution in [3.05, 3.63) is 48.5 Å². The third kappa shape index (κ3) is 3.68. The summed E-state index contributed by atoms with van der Waals surface area (Å²) in [7, 11) is -4.56. The molecular weight excluding hydrogens is 350 g/mol. The van der Waals surface area contributed by atoms with E-state index in [2.05, 4.69) is 9.80 Å². The maximum atomic E-state index is 12.6. The topological polar surface area (TPSA) is 60.9 Å². The molecule has 0 spiro atoms. The fourth-order valence-electron chi connectivity index (χ4n) is 2.86. The summed E-state index contributed by atoms with van der Waals surface area (Å²) in [4.78, 5) is 3.84. The smallest absolute Gasteiger partial charge is 0.341 e. The Morgan fingerprint density at radius 2 is 1.44 bits per heavy atom. The van der Waals surface area contributed by atoms with Gasteiger partial charge in [-0.3, -0.25) is 0 Å². The highest BCUT2D eigenvalue weighted by Gasteiger charge is 2.26. The zero-order chi connectivity index (χ0) is 18.0. The molecule has 1 saturated heterocycles. The van der Waals surface area contributed by atoms with Crippen LogP contribution in [0.3, 0.4) is 0 Å². The number of nitrogens with zero attached hydrogens (tertiary/aromatic N) is 2. The second-order valence-corrected chi connectivity index (χ2v) is 7.71. The third-order valence-corrected chi connectivity index (χ3v) is 5.64. The number of benzene rings is 2. The van der Waals surface area contributed by atoms with Gasteiger partial charge in [-0.05, 0) is 36.4 Å². The summed E-state index contributed by atoms with van der Waals surface area (Å²) >= 11 is 0. The van der Waals surface area contributed by atoms with E-state index in [-0.39, 0.29) is 10.6 Å². The number of phenols is 1. The number of sulfone groups is 1. The normalized spacial score (nSPS) is 15.6. The highest BCUT2D eigenvalue weighted by atomic mass is 32.2. The third-order valence-electron chi connectivity index (χ3n) is 4.24. The molecule has 25 heavy (non-hydrogen) atoms. The lowest BCUT2D eigenvalue weighted by Gasteiger charge is -2.37. The molecule has 0 bridgehead atoms. The minimum Gasteiger partial charge on any atom is -0.508 e. The molecule has 5 nitrogen and oxygen atoms in total. The maximum absolute atomic E-state index is 12.6. The molecule has 3 rings (SSSR count). The fourth-order valence-corrected chi connectivity index (χ4v) is 3.58. The summed E-state index contributed by atoms with van der Waals surface area (Å²) in [5.74, 6) is -3.19. The molecule has 2 aromatic rings. The molecule has 1 N–H and O–H groups in total. The van der Waals surface area contributed by atoms with Crippen molar-refractivity contribution in [2.75, 3.05) is 36.0 Å². The van der Waals surface area contributed by atoms with E-state index in [0.29, 0.717) is 13.1 Å². The lowest BCUT2D eigenvalue weighted by atomic mass is 10.2. The first-order valence-electron chi connectivity index (χ1n) is 7.79. The van der Waals surface area contributed by atoms with Crippen LogP contribution in [0.2, 0.25) is 0 Å². The van der Waals surface area contributed by atoms with Crippen LogP contribution in [0, 0.1) is 0 Å². The number of alkyl halides is 2. The first-order chi connectivity index (χ1) is 11.9. The van der Waals surface area contributed by atoms with Crippen LogP contribution in [0.25, 0.3) is 0 Å². The van der Waals surface area contributed by atoms with Crippen LogP contribution < -0.4 is 9.80 Å². The molecule has 2 aromatic carbocycles. The average molecular weight is 368 g/mol. The molecule has 134 valence electrons. The molecule has 1 aliphatic heterocycles. The number of rotatable bonds is 4. The van der Waals surface area contributed by atoms with Crippen molar-refractivity contribution >= 4 is 21.2 Å². The van der Waals surface area contributed by atoms with Gasteiger partial charge in [0.25, 0.3) is 0 Å². The lowest BCUT2D eigenvalue weighted by molar-refractivity contribution is 0.234. The van der Waals surface area contributed by atoms with Gasteiger partial charge in [0.2, 0.25) is 9.84 Å². The van der Waals surface area contributed by atoms with Crippen LogP contribution in [0.15, 0.2) is 53.4 Å². The fraction of sp³-hybridized carbons (Fsp3) is 0.294. The number of piperazine rings is 1. The van der Waals surface area contributed by atoms with Gasteiger partial charge in [-0.2, -0.15) is 8.78 Å². The number of halogens is 2. The average Bonchev–Trinajstić information content (AvgIpc) is 2.62. The van der Waals surface area contributed by atoms with E-state index in [1.54, 1.807) is 30.3 Å². The quantitative estimate of drug-likeness (QED) is 0.899. The van der Waals surface area contributed by atoms with Crippen molar-refractivity contribution in [2.24, 2.45) is 0 Å². The molecule has 0 unspecified atom stereocenters. The number of hydrogen-bond acceptors (Lipinski definition) is 5. The van der Waals surface area contributed by atoms with E-state index < -0.39 is 15.6 Å². The van der Waals surface area contributed by atoms with Gasteiger partial charge in [-0.25, -0.2) is 8.42 Å². The Hall–Kier alpha value is -2.35. The van der Waals surface area contributed by atoms with Gasteiger partial charge < -0.3 is 14.9 Å². The molecule has 0 radical (unpaired) electrons. The Labute approximate surface area is 145 Å². The molecule has 1 aliphatic rings. The minimum atomic E-state index is -4.56. The number of anilines is 2. The zero-order valence-corrected chi connectivity index (χ0v) is 14.2. The van der Waals surface area contributed by atoms with Gasteiger partial charge >= 0.3 is 5.76 Å². The molecule has 0 aromatic heterocycles. The van der Waals surface area contributed by atoms with Crippen molar-refractivity contribution in [3.63, 3.8) is 0 Å². The highest BCUT2D eigenvalue weighted by molar-refractivity contribution is 7.91. The SMILES string of the molecule is O=S(=O)(c1ccc(N2CCN(c3cccc(O)c3)CC2)cc1)C(F)F. The summed E-state index contributed by atoms with van der Waals surface area (Å²) in [6.45, 7) is 2.88. The minimum absolute atomic E-state index is 0.218. The van der Waals surface area contributed by atoms with Crippen molar-refractivity contribution < 1.29 is 22.3 Å². The Morgan fingerprint density at radius 1 is 0.880 bits per heavy atom. The summed E-state index contributed by atoms with van der Waals surface area (Å²) in [5.41, 5.74) is 1.74. The Kier molecular flexibility index (Phi) is 4.80.